The molecule has 7 heteroatoms. The summed E-state index contributed by atoms with van der Waals surface area (Å²) in [5.74, 6) is 2.05. The van der Waals surface area contributed by atoms with Crippen molar-refractivity contribution in [2.24, 2.45) is 0 Å². The lowest BCUT2D eigenvalue weighted by molar-refractivity contribution is 0.233. The van der Waals surface area contributed by atoms with Gasteiger partial charge >= 0.3 is 0 Å². The number of H-pyrrole nitrogens is 1. The van der Waals surface area contributed by atoms with Crippen molar-refractivity contribution in [3.8, 4) is 22.9 Å². The van der Waals surface area contributed by atoms with Crippen molar-refractivity contribution in [1.82, 2.24) is 15.0 Å². The Hall–Kier alpha value is -2.31. The topological polar surface area (TPSA) is 80.3 Å². The summed E-state index contributed by atoms with van der Waals surface area (Å²) in [5, 5.41) is 8.90. The molecule has 0 amide bonds. The zero-order valence-corrected chi connectivity index (χ0v) is 13.5. The quantitative estimate of drug-likeness (QED) is 0.677. The first kappa shape index (κ1) is 17.1. The number of rotatable bonds is 6. The first-order valence-electron chi connectivity index (χ1n) is 7.04. The van der Waals surface area contributed by atoms with Crippen molar-refractivity contribution in [3.63, 3.8) is 0 Å². The van der Waals surface area contributed by atoms with E-state index in [0.29, 0.717) is 36.0 Å². The van der Waals surface area contributed by atoms with Crippen molar-refractivity contribution in [2.45, 2.75) is 6.42 Å². The van der Waals surface area contributed by atoms with Gasteiger partial charge in [-0.3, -0.25) is 0 Å². The molecule has 0 spiro atoms. The highest BCUT2D eigenvalue weighted by atomic mass is 35.5. The van der Waals surface area contributed by atoms with Crippen LogP contribution in [0, 0.1) is 0 Å². The van der Waals surface area contributed by atoms with Crippen LogP contribution in [0.15, 0.2) is 36.5 Å². The van der Waals surface area contributed by atoms with Crippen LogP contribution in [0.2, 0.25) is 0 Å². The number of pyridine rings is 1. The van der Waals surface area contributed by atoms with Crippen LogP contribution in [0.25, 0.3) is 22.6 Å². The van der Waals surface area contributed by atoms with Gasteiger partial charge in [0.15, 0.2) is 5.65 Å². The highest BCUT2D eigenvalue weighted by molar-refractivity contribution is 5.85. The summed E-state index contributed by atoms with van der Waals surface area (Å²) >= 11 is 0. The van der Waals surface area contributed by atoms with E-state index in [2.05, 4.69) is 15.0 Å². The van der Waals surface area contributed by atoms with Crippen LogP contribution in [0.1, 0.15) is 6.42 Å². The van der Waals surface area contributed by atoms with Crippen LogP contribution in [-0.4, -0.2) is 40.4 Å². The highest BCUT2D eigenvalue weighted by Crippen LogP contribution is 2.32. The maximum absolute atomic E-state index is 8.90. The number of methoxy groups -OCH3 is 1. The molecule has 0 fully saturated rings. The Kier molecular flexibility index (Phi) is 5.78. The molecule has 122 valence electrons. The minimum absolute atomic E-state index is 0. The Labute approximate surface area is 139 Å². The summed E-state index contributed by atoms with van der Waals surface area (Å²) in [5.41, 5.74) is 2.36. The fourth-order valence-corrected chi connectivity index (χ4v) is 2.16. The van der Waals surface area contributed by atoms with E-state index in [9.17, 15) is 0 Å². The van der Waals surface area contributed by atoms with Crippen LogP contribution < -0.4 is 9.47 Å². The van der Waals surface area contributed by atoms with Gasteiger partial charge in [0.25, 0.3) is 0 Å². The van der Waals surface area contributed by atoms with Gasteiger partial charge in [-0.05, 0) is 24.3 Å². The van der Waals surface area contributed by atoms with E-state index in [1.807, 2.05) is 30.3 Å². The number of nitrogens with zero attached hydrogens (tertiary/aromatic N) is 2. The summed E-state index contributed by atoms with van der Waals surface area (Å²) < 4.78 is 11.0. The maximum atomic E-state index is 8.90. The van der Waals surface area contributed by atoms with E-state index in [0.717, 1.165) is 11.1 Å². The fourth-order valence-electron chi connectivity index (χ4n) is 2.16. The van der Waals surface area contributed by atoms with E-state index >= 15 is 0 Å². The SMILES string of the molecule is COc1ccc(-c2nc3ncccc3[nH]2)c(OCCCO)c1.Cl. The van der Waals surface area contributed by atoms with Gasteiger partial charge < -0.3 is 19.6 Å². The zero-order valence-electron chi connectivity index (χ0n) is 12.7. The second-order valence-corrected chi connectivity index (χ2v) is 4.75. The molecule has 0 radical (unpaired) electrons. The molecule has 0 bridgehead atoms. The van der Waals surface area contributed by atoms with Gasteiger partial charge in [-0.15, -0.1) is 12.4 Å². The molecule has 2 aromatic heterocycles. The minimum Gasteiger partial charge on any atom is -0.497 e. The molecule has 6 nitrogen and oxygen atoms in total. The molecule has 1 aromatic carbocycles. The molecule has 0 aliphatic rings. The monoisotopic (exact) mass is 335 g/mol. The van der Waals surface area contributed by atoms with Crippen LogP contribution in [0.3, 0.4) is 0 Å². The number of hydrogen-bond donors (Lipinski definition) is 2. The third-order valence-corrected chi connectivity index (χ3v) is 3.26. The van der Waals surface area contributed by atoms with Gasteiger partial charge in [0, 0.05) is 25.3 Å². The molecule has 0 saturated carbocycles. The van der Waals surface area contributed by atoms with E-state index in [1.54, 1.807) is 13.3 Å². The first-order valence-corrected chi connectivity index (χ1v) is 7.04. The zero-order chi connectivity index (χ0) is 15.4. The summed E-state index contributed by atoms with van der Waals surface area (Å²) in [6.07, 6.45) is 2.28. The van der Waals surface area contributed by atoms with Gasteiger partial charge in [0.1, 0.15) is 17.3 Å². The number of aromatic amines is 1. The van der Waals surface area contributed by atoms with E-state index < -0.39 is 0 Å². The average Bonchev–Trinajstić information content (AvgIpc) is 2.98. The summed E-state index contributed by atoms with van der Waals surface area (Å²) in [4.78, 5) is 12.0. The molecule has 23 heavy (non-hydrogen) atoms. The van der Waals surface area contributed by atoms with E-state index in [1.165, 1.54) is 0 Å². The number of aliphatic hydroxyl groups is 1. The lowest BCUT2D eigenvalue weighted by atomic mass is 10.2. The first-order chi connectivity index (χ1) is 10.8. The second-order valence-electron chi connectivity index (χ2n) is 4.75. The van der Waals surface area contributed by atoms with Crippen molar-refractivity contribution in [1.29, 1.82) is 0 Å². The predicted molar refractivity (Wildman–Crippen MR) is 90.3 cm³/mol. The number of benzene rings is 1. The Morgan fingerprint density at radius 1 is 1.26 bits per heavy atom. The molecule has 3 aromatic rings. The standard InChI is InChI=1S/C16H17N3O3.ClH/c1-21-11-5-6-12(14(10-11)22-9-3-8-20)15-18-13-4-2-7-17-16(13)19-15;/h2,4-7,10,20H,3,8-9H2,1H3,(H,17,18,19);1H. The number of halogens is 1. The normalized spacial score (nSPS) is 10.3. The van der Waals surface area contributed by atoms with Crippen molar-refractivity contribution in [3.05, 3.63) is 36.5 Å². The molecule has 0 unspecified atom stereocenters. The van der Waals surface area contributed by atoms with Gasteiger partial charge in [0.05, 0.1) is 24.8 Å². The molecule has 2 heterocycles. The lowest BCUT2D eigenvalue weighted by Gasteiger charge is -2.11. The summed E-state index contributed by atoms with van der Waals surface area (Å²) in [6.45, 7) is 0.517. The van der Waals surface area contributed by atoms with Crippen LogP contribution in [0.5, 0.6) is 11.5 Å². The number of ether oxygens (including phenoxy) is 2. The average molecular weight is 336 g/mol. The van der Waals surface area contributed by atoms with Crippen LogP contribution in [0.4, 0.5) is 0 Å². The van der Waals surface area contributed by atoms with E-state index in [4.69, 9.17) is 14.6 Å². The molecule has 3 rings (SSSR count). The summed E-state index contributed by atoms with van der Waals surface area (Å²) in [6, 6.07) is 9.35. The van der Waals surface area contributed by atoms with Crippen molar-refractivity contribution < 1.29 is 14.6 Å². The Morgan fingerprint density at radius 3 is 2.87 bits per heavy atom. The molecule has 2 N–H and O–H groups in total. The molecular weight excluding hydrogens is 318 g/mol. The third kappa shape index (κ3) is 3.72. The Morgan fingerprint density at radius 2 is 2.13 bits per heavy atom. The maximum Gasteiger partial charge on any atom is 0.178 e. The number of aliphatic hydroxyl groups excluding tert-OH is 1. The summed E-state index contributed by atoms with van der Waals surface area (Å²) in [7, 11) is 1.61. The molecule has 0 atom stereocenters. The van der Waals surface area contributed by atoms with Gasteiger partial charge in [-0.25, -0.2) is 9.97 Å². The predicted octanol–water partition coefficient (Wildman–Crippen LogP) is 2.82. The van der Waals surface area contributed by atoms with Gasteiger partial charge in [-0.2, -0.15) is 0 Å². The minimum atomic E-state index is 0. The van der Waals surface area contributed by atoms with Crippen LogP contribution in [-0.2, 0) is 0 Å². The van der Waals surface area contributed by atoms with Gasteiger partial charge in [-0.1, -0.05) is 0 Å². The smallest absolute Gasteiger partial charge is 0.178 e. The third-order valence-electron chi connectivity index (χ3n) is 3.26. The molecule has 0 aliphatic heterocycles. The number of fused-ring (bicyclic) bond motifs is 1. The molecular formula is C16H18ClN3O3. The number of imidazole rings is 1. The number of hydrogen-bond acceptors (Lipinski definition) is 5. The molecule has 0 aliphatic carbocycles. The molecule has 0 saturated heterocycles. The number of nitrogens with one attached hydrogen (secondary N) is 1. The largest absolute Gasteiger partial charge is 0.497 e. The number of aromatic nitrogens is 3. The van der Waals surface area contributed by atoms with E-state index in [-0.39, 0.29) is 19.0 Å². The van der Waals surface area contributed by atoms with Gasteiger partial charge in [0.2, 0.25) is 0 Å². The van der Waals surface area contributed by atoms with Crippen LogP contribution >= 0.6 is 12.4 Å². The second kappa shape index (κ2) is 7.80. The Balaban J connectivity index is 0.00000192. The van der Waals surface area contributed by atoms with Crippen molar-refractivity contribution in [2.75, 3.05) is 20.3 Å². The Bertz CT molecular complexity index is 743. The highest BCUT2D eigenvalue weighted by Gasteiger charge is 2.12. The van der Waals surface area contributed by atoms with Crippen molar-refractivity contribution >= 4 is 23.6 Å². The lowest BCUT2D eigenvalue weighted by Crippen LogP contribution is -2.01. The fraction of sp³-hybridized carbons (Fsp3) is 0.250.